The number of fused-ring (bicyclic) bond motifs is 2. The third kappa shape index (κ3) is 1.85. The van der Waals surface area contributed by atoms with Gasteiger partial charge in [0.2, 0.25) is 0 Å². The van der Waals surface area contributed by atoms with Gasteiger partial charge in [-0.1, -0.05) is 24.3 Å². The second-order valence-electron chi connectivity index (χ2n) is 5.59. The van der Waals surface area contributed by atoms with Gasteiger partial charge in [0.05, 0.1) is 13.2 Å². The molecule has 2 aromatic carbocycles. The first-order valence-electron chi connectivity index (χ1n) is 7.20. The van der Waals surface area contributed by atoms with E-state index < -0.39 is 0 Å². The minimum atomic E-state index is -0.366. The molecule has 3 heteroatoms. The Morgan fingerprint density at radius 3 is 2.71 bits per heavy atom. The molecule has 0 saturated carbocycles. The van der Waals surface area contributed by atoms with Crippen molar-refractivity contribution < 1.29 is 9.84 Å². The van der Waals surface area contributed by atoms with Crippen LogP contribution in [0.15, 0.2) is 48.7 Å². The van der Waals surface area contributed by atoms with Gasteiger partial charge in [0, 0.05) is 29.1 Å². The Hall–Kier alpha value is -2.26. The van der Waals surface area contributed by atoms with E-state index in [9.17, 15) is 5.11 Å². The van der Waals surface area contributed by atoms with Gasteiger partial charge in [-0.3, -0.25) is 0 Å². The number of methoxy groups -OCH3 is 1. The van der Waals surface area contributed by atoms with Crippen molar-refractivity contribution >= 4 is 10.9 Å². The molecule has 1 aromatic heterocycles. The van der Waals surface area contributed by atoms with Gasteiger partial charge in [-0.2, -0.15) is 0 Å². The van der Waals surface area contributed by atoms with Gasteiger partial charge in [-0.25, -0.2) is 0 Å². The van der Waals surface area contributed by atoms with Gasteiger partial charge in [-0.05, 0) is 35.2 Å². The molecule has 1 aliphatic rings. The average Bonchev–Trinajstić information content (AvgIpc) is 3.08. The lowest BCUT2D eigenvalue weighted by Gasteiger charge is -2.10. The van der Waals surface area contributed by atoms with Crippen molar-refractivity contribution in [3.63, 3.8) is 0 Å². The van der Waals surface area contributed by atoms with Crippen molar-refractivity contribution in [1.29, 1.82) is 0 Å². The van der Waals surface area contributed by atoms with E-state index in [2.05, 4.69) is 23.3 Å². The van der Waals surface area contributed by atoms with Crippen molar-refractivity contribution in [2.75, 3.05) is 7.11 Å². The van der Waals surface area contributed by atoms with E-state index in [0.717, 1.165) is 23.3 Å². The molecule has 3 nitrogen and oxygen atoms in total. The van der Waals surface area contributed by atoms with Gasteiger partial charge in [0.25, 0.3) is 0 Å². The maximum Gasteiger partial charge on any atom is 0.120 e. The lowest BCUT2D eigenvalue weighted by Crippen LogP contribution is -1.95. The number of hydrogen-bond acceptors (Lipinski definition) is 2. The zero-order valence-electron chi connectivity index (χ0n) is 11.8. The Morgan fingerprint density at radius 1 is 1.10 bits per heavy atom. The predicted octanol–water partition coefficient (Wildman–Crippen LogP) is 3.75. The molecule has 2 atom stereocenters. The minimum Gasteiger partial charge on any atom is -0.497 e. The number of aromatic nitrogens is 1. The second kappa shape index (κ2) is 4.64. The van der Waals surface area contributed by atoms with Crippen molar-refractivity contribution in [1.82, 2.24) is 4.98 Å². The summed E-state index contributed by atoms with van der Waals surface area (Å²) in [5.41, 5.74) is 4.62. The molecule has 21 heavy (non-hydrogen) atoms. The number of aliphatic hydroxyl groups excluding tert-OH is 1. The highest BCUT2D eigenvalue weighted by atomic mass is 16.5. The Kier molecular flexibility index (Phi) is 2.76. The average molecular weight is 279 g/mol. The molecular formula is C18H17NO2. The zero-order chi connectivity index (χ0) is 14.4. The molecule has 3 aromatic rings. The summed E-state index contributed by atoms with van der Waals surface area (Å²) in [5.74, 6) is 1.10. The lowest BCUT2D eigenvalue weighted by molar-refractivity contribution is 0.176. The molecule has 0 bridgehead atoms. The number of H-pyrrole nitrogens is 1. The summed E-state index contributed by atoms with van der Waals surface area (Å²) in [6.45, 7) is 0. The zero-order valence-corrected chi connectivity index (χ0v) is 11.8. The Labute approximate surface area is 123 Å². The highest BCUT2D eigenvalue weighted by Crippen LogP contribution is 2.45. The molecule has 0 unspecified atom stereocenters. The number of aromatic amines is 1. The molecule has 4 rings (SSSR count). The van der Waals surface area contributed by atoms with E-state index in [1.165, 1.54) is 16.5 Å². The monoisotopic (exact) mass is 279 g/mol. The van der Waals surface area contributed by atoms with Crippen molar-refractivity contribution in [2.45, 2.75) is 18.4 Å². The third-order valence-corrected chi connectivity index (χ3v) is 4.49. The Morgan fingerprint density at radius 2 is 1.90 bits per heavy atom. The first-order valence-corrected chi connectivity index (χ1v) is 7.20. The van der Waals surface area contributed by atoms with Crippen LogP contribution >= 0.6 is 0 Å². The maximum atomic E-state index is 10.3. The largest absolute Gasteiger partial charge is 0.497 e. The number of ether oxygens (including phenoxy) is 1. The normalized spacial score (nSPS) is 20.7. The van der Waals surface area contributed by atoms with Crippen LogP contribution < -0.4 is 4.74 Å². The van der Waals surface area contributed by atoms with Crippen LogP contribution in [0.1, 0.15) is 35.1 Å². The summed E-state index contributed by atoms with van der Waals surface area (Å²) < 4.78 is 5.27. The van der Waals surface area contributed by atoms with Gasteiger partial charge < -0.3 is 14.8 Å². The smallest absolute Gasteiger partial charge is 0.120 e. The van der Waals surface area contributed by atoms with Crippen molar-refractivity contribution in [3.8, 4) is 5.75 Å². The van der Waals surface area contributed by atoms with Crippen LogP contribution in [0.25, 0.3) is 10.9 Å². The lowest BCUT2D eigenvalue weighted by atomic mass is 9.93. The summed E-state index contributed by atoms with van der Waals surface area (Å²) in [4.78, 5) is 3.32. The fourth-order valence-electron chi connectivity index (χ4n) is 3.45. The van der Waals surface area contributed by atoms with Gasteiger partial charge in [0.15, 0.2) is 0 Å². The summed E-state index contributed by atoms with van der Waals surface area (Å²) in [6, 6.07) is 14.3. The number of nitrogens with one attached hydrogen (secondary N) is 1. The predicted molar refractivity (Wildman–Crippen MR) is 82.7 cm³/mol. The molecule has 2 N–H and O–H groups in total. The van der Waals surface area contributed by atoms with E-state index in [1.807, 2.05) is 30.3 Å². The minimum absolute atomic E-state index is 0.248. The van der Waals surface area contributed by atoms with Crippen LogP contribution in [-0.2, 0) is 0 Å². The van der Waals surface area contributed by atoms with Crippen LogP contribution in [0.4, 0.5) is 0 Å². The Balaban J connectivity index is 1.85. The molecule has 0 spiro atoms. The molecule has 0 amide bonds. The standard InChI is InChI=1S/C18H17NO2/c1-21-11-6-7-13-16(10-19-17(13)8-11)15-9-18(20)14-5-3-2-4-12(14)15/h2-8,10,15,18-20H,9H2,1H3/t15-,18+/m1/s1. The summed E-state index contributed by atoms with van der Waals surface area (Å²) in [5, 5.41) is 11.5. The van der Waals surface area contributed by atoms with Gasteiger partial charge >= 0.3 is 0 Å². The van der Waals surface area contributed by atoms with Crippen molar-refractivity contribution in [2.24, 2.45) is 0 Å². The third-order valence-electron chi connectivity index (χ3n) is 4.49. The SMILES string of the molecule is COc1ccc2c([C@@H]3C[C@H](O)c4ccccc43)c[nH]c2c1. The number of aliphatic hydroxyl groups is 1. The summed E-state index contributed by atoms with van der Waals surface area (Å²) >= 11 is 0. The number of hydrogen-bond donors (Lipinski definition) is 2. The van der Waals surface area contributed by atoms with Crippen LogP contribution in [0, 0.1) is 0 Å². The van der Waals surface area contributed by atoms with Crippen LogP contribution in [0.2, 0.25) is 0 Å². The topological polar surface area (TPSA) is 45.2 Å². The fourth-order valence-corrected chi connectivity index (χ4v) is 3.45. The highest BCUT2D eigenvalue weighted by molar-refractivity contribution is 5.85. The van der Waals surface area contributed by atoms with E-state index in [1.54, 1.807) is 7.11 Å². The van der Waals surface area contributed by atoms with Gasteiger partial charge in [0.1, 0.15) is 5.75 Å². The van der Waals surface area contributed by atoms with Crippen molar-refractivity contribution in [3.05, 3.63) is 65.4 Å². The first-order chi connectivity index (χ1) is 10.3. The molecule has 1 heterocycles. The summed E-state index contributed by atoms with van der Waals surface area (Å²) in [6.07, 6.45) is 2.44. The van der Waals surface area contributed by atoms with Crippen LogP contribution in [-0.4, -0.2) is 17.2 Å². The fraction of sp³-hybridized carbons (Fsp3) is 0.222. The summed E-state index contributed by atoms with van der Waals surface area (Å²) in [7, 11) is 1.68. The number of benzene rings is 2. The van der Waals surface area contributed by atoms with Crippen LogP contribution in [0.5, 0.6) is 5.75 Å². The quantitative estimate of drug-likeness (QED) is 0.750. The van der Waals surface area contributed by atoms with E-state index in [4.69, 9.17) is 4.74 Å². The molecule has 1 aliphatic carbocycles. The molecule has 106 valence electrons. The maximum absolute atomic E-state index is 10.3. The molecule has 0 saturated heterocycles. The molecule has 0 radical (unpaired) electrons. The Bertz CT molecular complexity index is 806. The first kappa shape index (κ1) is 12.5. The van der Waals surface area contributed by atoms with E-state index in [0.29, 0.717) is 0 Å². The van der Waals surface area contributed by atoms with Gasteiger partial charge in [-0.15, -0.1) is 0 Å². The molecular weight excluding hydrogens is 262 g/mol. The highest BCUT2D eigenvalue weighted by Gasteiger charge is 2.31. The second-order valence-corrected chi connectivity index (χ2v) is 5.59. The number of rotatable bonds is 2. The van der Waals surface area contributed by atoms with E-state index >= 15 is 0 Å². The molecule has 0 aliphatic heterocycles. The van der Waals surface area contributed by atoms with Crippen LogP contribution in [0.3, 0.4) is 0 Å². The molecule has 0 fully saturated rings. The van der Waals surface area contributed by atoms with E-state index in [-0.39, 0.29) is 12.0 Å².